The topological polar surface area (TPSA) is 64.9 Å². The van der Waals surface area contributed by atoms with Crippen molar-refractivity contribution in [2.75, 3.05) is 0 Å². The van der Waals surface area contributed by atoms with Gasteiger partial charge in [0.25, 0.3) is 0 Å². The molecule has 1 heterocycles. The van der Waals surface area contributed by atoms with Crippen molar-refractivity contribution < 1.29 is 4.52 Å². The Morgan fingerprint density at radius 3 is 2.67 bits per heavy atom. The van der Waals surface area contributed by atoms with Gasteiger partial charge < -0.3 is 10.3 Å². The minimum absolute atomic E-state index is 0.117. The Kier molecular flexibility index (Phi) is 4.75. The molecule has 1 atom stereocenters. The van der Waals surface area contributed by atoms with Gasteiger partial charge in [0.05, 0.1) is 6.04 Å². The molecule has 2 N–H and O–H groups in total. The first-order valence-corrected chi connectivity index (χ1v) is 5.73. The van der Waals surface area contributed by atoms with Crippen LogP contribution < -0.4 is 5.73 Å². The highest BCUT2D eigenvalue weighted by atomic mass is 16.5. The van der Waals surface area contributed by atoms with Crippen LogP contribution in [0.5, 0.6) is 0 Å². The second-order valence-corrected chi connectivity index (χ2v) is 4.27. The molecule has 1 rings (SSSR count). The number of aryl methyl sites for hydroxylation is 1. The van der Waals surface area contributed by atoms with Crippen molar-refractivity contribution in [2.24, 2.45) is 11.7 Å². The Hall–Kier alpha value is -0.900. The molecule has 0 saturated carbocycles. The first-order chi connectivity index (χ1) is 7.15. The molecule has 4 nitrogen and oxygen atoms in total. The first-order valence-electron chi connectivity index (χ1n) is 5.73. The van der Waals surface area contributed by atoms with Crippen LogP contribution in [-0.2, 0) is 6.42 Å². The lowest BCUT2D eigenvalue weighted by molar-refractivity contribution is 0.359. The number of hydrogen-bond acceptors (Lipinski definition) is 4. The highest BCUT2D eigenvalue weighted by Crippen LogP contribution is 2.16. The van der Waals surface area contributed by atoms with Crippen LogP contribution in [0.2, 0.25) is 0 Å². The van der Waals surface area contributed by atoms with Crippen molar-refractivity contribution in [1.29, 1.82) is 0 Å². The van der Waals surface area contributed by atoms with Crippen LogP contribution >= 0.6 is 0 Å². The fourth-order valence-corrected chi connectivity index (χ4v) is 1.33. The largest absolute Gasteiger partial charge is 0.339 e. The molecule has 86 valence electrons. The lowest BCUT2D eigenvalue weighted by atomic mass is 10.1. The molecule has 0 aliphatic carbocycles. The summed E-state index contributed by atoms with van der Waals surface area (Å²) in [6, 6.07) is -0.117. The zero-order valence-corrected chi connectivity index (χ0v) is 9.86. The minimum atomic E-state index is -0.117. The molecule has 0 amide bonds. The van der Waals surface area contributed by atoms with Crippen molar-refractivity contribution in [3.05, 3.63) is 11.7 Å². The smallest absolute Gasteiger partial charge is 0.226 e. The number of unbranched alkanes of at least 4 members (excludes halogenated alkanes) is 2. The van der Waals surface area contributed by atoms with Gasteiger partial charge in [0, 0.05) is 6.42 Å². The fourth-order valence-electron chi connectivity index (χ4n) is 1.33. The molecule has 4 heteroatoms. The Labute approximate surface area is 91.2 Å². The average molecular weight is 211 g/mol. The van der Waals surface area contributed by atoms with Crippen LogP contribution in [0.25, 0.3) is 0 Å². The summed E-state index contributed by atoms with van der Waals surface area (Å²) in [5.74, 6) is 1.69. The van der Waals surface area contributed by atoms with Gasteiger partial charge in [0.2, 0.25) is 5.89 Å². The number of nitrogens with zero attached hydrogens (tertiary/aromatic N) is 2. The minimum Gasteiger partial charge on any atom is -0.339 e. The predicted molar refractivity (Wildman–Crippen MR) is 59.3 cm³/mol. The molecule has 0 aliphatic rings. The lowest BCUT2D eigenvalue weighted by Crippen LogP contribution is -2.18. The molecule has 0 bridgehead atoms. The normalized spacial score (nSPS) is 13.4. The van der Waals surface area contributed by atoms with E-state index in [4.69, 9.17) is 10.3 Å². The Morgan fingerprint density at radius 2 is 2.07 bits per heavy atom. The average Bonchev–Trinajstić information content (AvgIpc) is 2.65. The highest BCUT2D eigenvalue weighted by Gasteiger charge is 2.16. The third kappa shape index (κ3) is 3.63. The van der Waals surface area contributed by atoms with Crippen molar-refractivity contribution in [3.63, 3.8) is 0 Å². The zero-order valence-electron chi connectivity index (χ0n) is 9.86. The van der Waals surface area contributed by atoms with E-state index in [1.165, 1.54) is 12.8 Å². The lowest BCUT2D eigenvalue weighted by Gasteiger charge is -2.09. The number of aromatic nitrogens is 2. The van der Waals surface area contributed by atoms with E-state index in [9.17, 15) is 0 Å². The standard InChI is InChI=1S/C11H21N3O/c1-4-5-6-7-9-13-11(14-15-9)10(12)8(2)3/h8,10H,4-7,12H2,1-3H3. The number of hydrogen-bond donors (Lipinski definition) is 1. The molecule has 1 unspecified atom stereocenters. The van der Waals surface area contributed by atoms with Gasteiger partial charge in [0.15, 0.2) is 5.82 Å². The Bertz CT molecular complexity index is 283. The van der Waals surface area contributed by atoms with Gasteiger partial charge in [0.1, 0.15) is 0 Å². The van der Waals surface area contributed by atoms with Crippen LogP contribution in [-0.4, -0.2) is 10.1 Å². The molecule has 0 radical (unpaired) electrons. The predicted octanol–water partition coefficient (Wildman–Crippen LogP) is 2.46. The molecule has 0 aliphatic heterocycles. The van der Waals surface area contributed by atoms with Crippen molar-refractivity contribution in [2.45, 2.75) is 52.5 Å². The molecule has 0 spiro atoms. The van der Waals surface area contributed by atoms with Gasteiger partial charge in [-0.05, 0) is 12.3 Å². The van der Waals surface area contributed by atoms with Gasteiger partial charge in [-0.3, -0.25) is 0 Å². The number of rotatable bonds is 6. The monoisotopic (exact) mass is 211 g/mol. The zero-order chi connectivity index (χ0) is 11.3. The third-order valence-electron chi connectivity index (χ3n) is 2.49. The van der Waals surface area contributed by atoms with Crippen molar-refractivity contribution in [3.8, 4) is 0 Å². The van der Waals surface area contributed by atoms with E-state index in [1.807, 2.05) is 0 Å². The van der Waals surface area contributed by atoms with E-state index in [-0.39, 0.29) is 6.04 Å². The summed E-state index contributed by atoms with van der Waals surface area (Å²) >= 11 is 0. The van der Waals surface area contributed by atoms with Crippen LogP contribution in [0.1, 0.15) is 57.8 Å². The van der Waals surface area contributed by atoms with E-state index in [1.54, 1.807) is 0 Å². The van der Waals surface area contributed by atoms with E-state index >= 15 is 0 Å². The quantitative estimate of drug-likeness (QED) is 0.734. The summed E-state index contributed by atoms with van der Waals surface area (Å²) in [7, 11) is 0. The first kappa shape index (κ1) is 12.2. The van der Waals surface area contributed by atoms with Crippen molar-refractivity contribution >= 4 is 0 Å². The molecule has 15 heavy (non-hydrogen) atoms. The highest BCUT2D eigenvalue weighted by molar-refractivity contribution is 4.94. The summed E-state index contributed by atoms with van der Waals surface area (Å²) < 4.78 is 5.14. The summed E-state index contributed by atoms with van der Waals surface area (Å²) in [5.41, 5.74) is 5.92. The van der Waals surface area contributed by atoms with Gasteiger partial charge >= 0.3 is 0 Å². The van der Waals surface area contributed by atoms with Gasteiger partial charge in [-0.2, -0.15) is 4.98 Å². The van der Waals surface area contributed by atoms with Crippen molar-refractivity contribution in [1.82, 2.24) is 10.1 Å². The summed E-state index contributed by atoms with van der Waals surface area (Å²) in [4.78, 5) is 4.30. The van der Waals surface area contributed by atoms with Gasteiger partial charge in [-0.25, -0.2) is 0 Å². The number of nitrogens with two attached hydrogens (primary N) is 1. The van der Waals surface area contributed by atoms with Gasteiger partial charge in [-0.1, -0.05) is 38.8 Å². The van der Waals surface area contributed by atoms with E-state index in [0.29, 0.717) is 11.7 Å². The van der Waals surface area contributed by atoms with Crippen LogP contribution in [0.3, 0.4) is 0 Å². The Morgan fingerprint density at radius 1 is 1.33 bits per heavy atom. The molecule has 0 fully saturated rings. The second kappa shape index (κ2) is 5.85. The molecule has 1 aromatic heterocycles. The molecule has 0 saturated heterocycles. The van der Waals surface area contributed by atoms with Gasteiger partial charge in [-0.15, -0.1) is 0 Å². The maximum atomic E-state index is 5.92. The fraction of sp³-hybridized carbons (Fsp3) is 0.818. The summed E-state index contributed by atoms with van der Waals surface area (Å²) in [6.45, 7) is 6.28. The van der Waals surface area contributed by atoms with Crippen LogP contribution in [0, 0.1) is 5.92 Å². The third-order valence-corrected chi connectivity index (χ3v) is 2.49. The maximum Gasteiger partial charge on any atom is 0.226 e. The van der Waals surface area contributed by atoms with Crippen LogP contribution in [0.15, 0.2) is 4.52 Å². The van der Waals surface area contributed by atoms with E-state index in [2.05, 4.69) is 30.9 Å². The molecular formula is C11H21N3O. The molecule has 1 aromatic rings. The van der Waals surface area contributed by atoms with Crippen LogP contribution in [0.4, 0.5) is 0 Å². The Balaban J connectivity index is 2.48. The van der Waals surface area contributed by atoms with E-state index < -0.39 is 0 Å². The second-order valence-electron chi connectivity index (χ2n) is 4.27. The SMILES string of the molecule is CCCCCc1nc(C(N)C(C)C)no1. The summed E-state index contributed by atoms with van der Waals surface area (Å²) in [5, 5.41) is 3.90. The summed E-state index contributed by atoms with van der Waals surface area (Å²) in [6.07, 6.45) is 4.38. The van der Waals surface area contributed by atoms with E-state index in [0.717, 1.165) is 18.7 Å². The molecule has 0 aromatic carbocycles. The maximum absolute atomic E-state index is 5.92. The molecular weight excluding hydrogens is 190 g/mol.